The van der Waals surface area contributed by atoms with Crippen LogP contribution in [0.4, 0.5) is 8.78 Å². The number of aromatic nitrogens is 1. The van der Waals surface area contributed by atoms with Crippen molar-refractivity contribution in [3.8, 4) is 0 Å². The number of halogens is 3. The quantitative estimate of drug-likeness (QED) is 0.637. The summed E-state index contributed by atoms with van der Waals surface area (Å²) in [5, 5.41) is 0.622. The summed E-state index contributed by atoms with van der Waals surface area (Å²) in [5.41, 5.74) is 0.836. The first kappa shape index (κ1) is 19.7. The van der Waals surface area contributed by atoms with Gasteiger partial charge in [0.05, 0.1) is 18.2 Å². The highest BCUT2D eigenvalue weighted by Gasteiger charge is 2.31. The summed E-state index contributed by atoms with van der Waals surface area (Å²) < 4.78 is 37.1. The Labute approximate surface area is 153 Å². The molecule has 1 aromatic carbocycles. The lowest BCUT2D eigenvalue weighted by Gasteiger charge is -2.28. The van der Waals surface area contributed by atoms with Gasteiger partial charge < -0.3 is 9.47 Å². The number of esters is 1. The number of rotatable bonds is 4. The van der Waals surface area contributed by atoms with Crippen molar-refractivity contribution in [2.24, 2.45) is 0 Å². The molecule has 0 fully saturated rings. The summed E-state index contributed by atoms with van der Waals surface area (Å²) in [6.07, 6.45) is -3.59. The molecule has 0 aliphatic carbocycles. The van der Waals surface area contributed by atoms with Crippen molar-refractivity contribution in [2.45, 2.75) is 45.8 Å². The highest BCUT2D eigenvalue weighted by Crippen LogP contribution is 2.38. The molecule has 1 unspecified atom stereocenters. The van der Waals surface area contributed by atoms with E-state index in [0.29, 0.717) is 26.5 Å². The minimum Gasteiger partial charge on any atom is -0.467 e. The van der Waals surface area contributed by atoms with Crippen molar-refractivity contribution in [1.82, 2.24) is 4.98 Å². The molecule has 136 valence electrons. The van der Waals surface area contributed by atoms with Crippen LogP contribution in [0, 0.1) is 6.92 Å². The summed E-state index contributed by atoms with van der Waals surface area (Å²) in [5.74, 6) is -0.532. The van der Waals surface area contributed by atoms with Crippen molar-refractivity contribution in [2.75, 3.05) is 7.11 Å². The third-order valence-corrected chi connectivity index (χ3v) is 4.42. The van der Waals surface area contributed by atoms with Gasteiger partial charge in [0, 0.05) is 15.4 Å². The number of hydrogen-bond donors (Lipinski definition) is 0. The Bertz CT molecular complexity index is 803. The number of benzene rings is 1. The van der Waals surface area contributed by atoms with Gasteiger partial charge in [-0.3, -0.25) is 0 Å². The largest absolute Gasteiger partial charge is 0.467 e. The maximum Gasteiger partial charge on any atom is 0.339 e. The number of methoxy groups -OCH3 is 1. The zero-order chi connectivity index (χ0) is 18.9. The number of carbonyl (C=O) groups is 1. The van der Waals surface area contributed by atoms with Gasteiger partial charge in [-0.05, 0) is 67.4 Å². The molecule has 0 spiro atoms. The molecule has 1 atom stereocenters. The molecule has 0 saturated carbocycles. The maximum absolute atomic E-state index is 12.9. The molecule has 0 saturated heterocycles. The number of hydrogen-bond acceptors (Lipinski definition) is 4. The number of fused-ring (bicyclic) bond motifs is 1. The van der Waals surface area contributed by atoms with Crippen molar-refractivity contribution < 1.29 is 23.0 Å². The Morgan fingerprint density at radius 3 is 2.44 bits per heavy atom. The van der Waals surface area contributed by atoms with Gasteiger partial charge in [-0.25, -0.2) is 18.6 Å². The van der Waals surface area contributed by atoms with Gasteiger partial charge in [-0.15, -0.1) is 0 Å². The molecule has 0 N–H and O–H groups in total. The average Bonchev–Trinajstić information content (AvgIpc) is 2.51. The molecule has 25 heavy (non-hydrogen) atoms. The third-order valence-electron chi connectivity index (χ3n) is 3.57. The van der Waals surface area contributed by atoms with Crippen LogP contribution in [0.2, 0.25) is 0 Å². The number of nitrogens with zero attached hydrogens (tertiary/aromatic N) is 1. The Morgan fingerprint density at radius 2 is 1.92 bits per heavy atom. The Hall–Kier alpha value is -1.60. The number of pyridine rings is 1. The summed E-state index contributed by atoms with van der Waals surface area (Å²) in [4.78, 5) is 16.3. The third kappa shape index (κ3) is 4.33. The van der Waals surface area contributed by atoms with E-state index in [-0.39, 0.29) is 5.69 Å². The first-order valence-corrected chi connectivity index (χ1v) is 8.48. The van der Waals surface area contributed by atoms with E-state index in [1.165, 1.54) is 13.2 Å². The zero-order valence-corrected chi connectivity index (χ0v) is 16.3. The average molecular weight is 416 g/mol. The van der Waals surface area contributed by atoms with Gasteiger partial charge in [0.15, 0.2) is 6.10 Å². The van der Waals surface area contributed by atoms with Crippen LogP contribution in [0.15, 0.2) is 22.7 Å². The van der Waals surface area contributed by atoms with Crippen LogP contribution in [-0.2, 0) is 14.3 Å². The Morgan fingerprint density at radius 1 is 1.28 bits per heavy atom. The summed E-state index contributed by atoms with van der Waals surface area (Å²) in [6.45, 7) is 7.29. The Balaban J connectivity index is 2.66. The molecule has 2 aromatic rings. The van der Waals surface area contributed by atoms with Crippen molar-refractivity contribution in [3.05, 3.63) is 39.5 Å². The predicted molar refractivity (Wildman–Crippen MR) is 94.7 cm³/mol. The molecule has 0 radical (unpaired) electrons. The fraction of sp³-hybridized carbons (Fsp3) is 0.444. The summed E-state index contributed by atoms with van der Waals surface area (Å²) in [7, 11) is 1.29. The number of ether oxygens (including phenoxy) is 2. The molecule has 4 nitrogen and oxygen atoms in total. The number of alkyl halides is 2. The fourth-order valence-corrected chi connectivity index (χ4v) is 3.37. The predicted octanol–water partition coefficient (Wildman–Crippen LogP) is 5.27. The summed E-state index contributed by atoms with van der Waals surface area (Å²) in [6, 6.07) is 4.50. The highest BCUT2D eigenvalue weighted by molar-refractivity contribution is 9.10. The minimum absolute atomic E-state index is 0.290. The second kappa shape index (κ2) is 7.33. The second-order valence-corrected chi connectivity index (χ2v) is 7.45. The molecule has 1 aromatic heterocycles. The van der Waals surface area contributed by atoms with E-state index in [2.05, 4.69) is 20.9 Å². The number of aryl methyl sites for hydroxylation is 1. The molecule has 0 aliphatic rings. The van der Waals surface area contributed by atoms with E-state index in [1.807, 2.05) is 20.8 Å². The molecule has 1 heterocycles. The summed E-state index contributed by atoms with van der Waals surface area (Å²) >= 11 is 3.48. The van der Waals surface area contributed by atoms with Gasteiger partial charge in [0.1, 0.15) is 5.69 Å². The minimum atomic E-state index is -2.64. The van der Waals surface area contributed by atoms with Crippen LogP contribution in [0.5, 0.6) is 0 Å². The first-order chi connectivity index (χ1) is 11.5. The van der Waals surface area contributed by atoms with Crippen LogP contribution < -0.4 is 0 Å². The van der Waals surface area contributed by atoms with Crippen LogP contribution >= 0.6 is 15.9 Å². The molecule has 0 bridgehead atoms. The molecular weight excluding hydrogens is 396 g/mol. The molecule has 0 aliphatic heterocycles. The van der Waals surface area contributed by atoms with E-state index in [4.69, 9.17) is 9.47 Å². The molecule has 0 amide bonds. The van der Waals surface area contributed by atoms with Crippen molar-refractivity contribution >= 4 is 32.8 Å². The van der Waals surface area contributed by atoms with Crippen LogP contribution in [0.25, 0.3) is 10.9 Å². The monoisotopic (exact) mass is 415 g/mol. The molecular formula is C18H20BrF2NO3. The van der Waals surface area contributed by atoms with E-state index >= 15 is 0 Å². The van der Waals surface area contributed by atoms with Crippen LogP contribution in [-0.4, -0.2) is 23.7 Å². The lowest BCUT2D eigenvalue weighted by atomic mass is 9.99. The van der Waals surface area contributed by atoms with Crippen LogP contribution in [0.3, 0.4) is 0 Å². The fourth-order valence-electron chi connectivity index (χ4n) is 2.52. The van der Waals surface area contributed by atoms with Crippen LogP contribution in [0.1, 0.15) is 50.1 Å². The molecule has 7 heteroatoms. The van der Waals surface area contributed by atoms with Gasteiger partial charge in [-0.2, -0.15) is 0 Å². The van der Waals surface area contributed by atoms with E-state index < -0.39 is 24.1 Å². The standard InChI is InChI=1S/C18H20BrF2NO3/c1-9-8-12-10(6-7-11(22-12)16(20)21)14(19)13(9)15(17(23)24-5)25-18(2,3)4/h6-8,15-16H,1-5H3. The van der Waals surface area contributed by atoms with Gasteiger partial charge in [0.2, 0.25) is 0 Å². The van der Waals surface area contributed by atoms with Gasteiger partial charge in [0.25, 0.3) is 6.43 Å². The second-order valence-electron chi connectivity index (χ2n) is 6.66. The van der Waals surface area contributed by atoms with Crippen molar-refractivity contribution in [1.29, 1.82) is 0 Å². The smallest absolute Gasteiger partial charge is 0.339 e. The number of carbonyl (C=O) groups excluding carboxylic acids is 1. The first-order valence-electron chi connectivity index (χ1n) is 7.68. The van der Waals surface area contributed by atoms with E-state index in [9.17, 15) is 13.6 Å². The molecule has 2 rings (SSSR count). The van der Waals surface area contributed by atoms with E-state index in [0.717, 1.165) is 0 Å². The van der Waals surface area contributed by atoms with Gasteiger partial charge in [-0.1, -0.05) is 0 Å². The van der Waals surface area contributed by atoms with Gasteiger partial charge >= 0.3 is 5.97 Å². The zero-order valence-electron chi connectivity index (χ0n) is 14.7. The lowest BCUT2D eigenvalue weighted by Crippen LogP contribution is -2.29. The lowest BCUT2D eigenvalue weighted by molar-refractivity contribution is -0.164. The van der Waals surface area contributed by atoms with Crippen molar-refractivity contribution in [3.63, 3.8) is 0 Å². The van der Waals surface area contributed by atoms with E-state index in [1.54, 1.807) is 19.1 Å². The Kier molecular flexibility index (Phi) is 5.79. The normalized spacial score (nSPS) is 13.3. The highest BCUT2D eigenvalue weighted by atomic mass is 79.9. The SMILES string of the molecule is COC(=O)C(OC(C)(C)C)c1c(C)cc2nc(C(F)F)ccc2c1Br. The topological polar surface area (TPSA) is 48.4 Å². The maximum atomic E-state index is 12.9.